The molecule has 1 N–H and O–H groups in total. The Hall–Kier alpha value is -3.82. The number of carbonyl (C=O) groups is 1. The number of rotatable bonds is 7. The van der Waals surface area contributed by atoms with Gasteiger partial charge in [-0.05, 0) is 12.1 Å². The van der Waals surface area contributed by atoms with E-state index in [1.807, 2.05) is 0 Å². The standard InChI is InChI=1S/C15H12N4O6/c20-15(10-25-14-6-4-12(5-7-14)18(21)22)17-16-9-11-2-1-3-13(8-11)19(23)24/h1-9H,10H2,(H,17,20). The van der Waals surface area contributed by atoms with Crippen LogP contribution in [0.1, 0.15) is 5.56 Å². The van der Waals surface area contributed by atoms with E-state index in [9.17, 15) is 25.0 Å². The molecule has 2 rings (SSSR count). The Morgan fingerprint density at radius 3 is 2.40 bits per heavy atom. The molecule has 0 radical (unpaired) electrons. The number of carbonyl (C=O) groups excluding carboxylic acids is 1. The fraction of sp³-hybridized carbons (Fsp3) is 0.0667. The lowest BCUT2D eigenvalue weighted by molar-refractivity contribution is -0.385. The SMILES string of the molecule is O=C(COc1ccc([N+](=O)[O-])cc1)NN=Cc1cccc([N+](=O)[O-])c1. The smallest absolute Gasteiger partial charge is 0.277 e. The van der Waals surface area contributed by atoms with Crippen molar-refractivity contribution >= 4 is 23.5 Å². The second-order valence-corrected chi connectivity index (χ2v) is 4.68. The Kier molecular flexibility index (Phi) is 5.72. The summed E-state index contributed by atoms with van der Waals surface area (Å²) >= 11 is 0. The maximum atomic E-state index is 11.6. The summed E-state index contributed by atoms with van der Waals surface area (Å²) in [4.78, 5) is 31.7. The molecular formula is C15H12N4O6. The van der Waals surface area contributed by atoms with Crippen LogP contribution in [0.25, 0.3) is 0 Å². The van der Waals surface area contributed by atoms with Crippen LogP contribution in [0, 0.1) is 20.2 Å². The summed E-state index contributed by atoms with van der Waals surface area (Å²) in [6, 6.07) is 11.0. The number of hydrazone groups is 1. The van der Waals surface area contributed by atoms with Crippen LogP contribution in [-0.4, -0.2) is 28.6 Å². The summed E-state index contributed by atoms with van der Waals surface area (Å²) in [5.41, 5.74) is 2.49. The minimum atomic E-state index is -0.556. The zero-order valence-corrected chi connectivity index (χ0v) is 12.7. The Bertz CT molecular complexity index is 819. The predicted octanol–water partition coefficient (Wildman–Crippen LogP) is 2.03. The fourth-order valence-electron chi connectivity index (χ4n) is 1.74. The van der Waals surface area contributed by atoms with Crippen molar-refractivity contribution in [3.05, 3.63) is 74.3 Å². The summed E-state index contributed by atoms with van der Waals surface area (Å²) in [7, 11) is 0. The number of ether oxygens (including phenoxy) is 1. The number of amides is 1. The van der Waals surface area contributed by atoms with E-state index in [1.165, 1.54) is 48.7 Å². The van der Waals surface area contributed by atoms with Crippen LogP contribution >= 0.6 is 0 Å². The number of non-ortho nitro benzene ring substituents is 2. The number of benzene rings is 2. The minimum Gasteiger partial charge on any atom is -0.484 e. The molecule has 2 aromatic rings. The fourth-order valence-corrected chi connectivity index (χ4v) is 1.74. The van der Waals surface area contributed by atoms with Gasteiger partial charge in [-0.3, -0.25) is 25.0 Å². The van der Waals surface area contributed by atoms with Gasteiger partial charge in [-0.15, -0.1) is 0 Å². The highest BCUT2D eigenvalue weighted by Crippen LogP contribution is 2.17. The Labute approximate surface area is 141 Å². The number of nitro benzene ring substituents is 2. The predicted molar refractivity (Wildman–Crippen MR) is 87.4 cm³/mol. The lowest BCUT2D eigenvalue weighted by Gasteiger charge is -2.04. The van der Waals surface area contributed by atoms with E-state index >= 15 is 0 Å². The van der Waals surface area contributed by atoms with Crippen LogP contribution in [0.5, 0.6) is 5.75 Å². The average Bonchev–Trinajstić information content (AvgIpc) is 2.60. The summed E-state index contributed by atoms with van der Waals surface area (Å²) in [6.45, 7) is -0.343. The van der Waals surface area contributed by atoms with Crippen molar-refractivity contribution in [2.24, 2.45) is 5.10 Å². The molecule has 0 bridgehead atoms. The monoisotopic (exact) mass is 344 g/mol. The van der Waals surface area contributed by atoms with Crippen molar-refractivity contribution in [3.8, 4) is 5.75 Å². The first-order valence-electron chi connectivity index (χ1n) is 6.89. The van der Waals surface area contributed by atoms with Gasteiger partial charge in [0.25, 0.3) is 17.3 Å². The second-order valence-electron chi connectivity index (χ2n) is 4.68. The van der Waals surface area contributed by atoms with Crippen LogP contribution in [0.2, 0.25) is 0 Å². The highest BCUT2D eigenvalue weighted by molar-refractivity contribution is 5.83. The van der Waals surface area contributed by atoms with E-state index in [4.69, 9.17) is 4.74 Å². The molecule has 0 aromatic heterocycles. The van der Waals surface area contributed by atoms with Gasteiger partial charge < -0.3 is 4.74 Å². The van der Waals surface area contributed by atoms with Gasteiger partial charge in [0.1, 0.15) is 5.75 Å². The van der Waals surface area contributed by atoms with E-state index in [1.54, 1.807) is 6.07 Å². The molecule has 0 aliphatic carbocycles. The summed E-state index contributed by atoms with van der Waals surface area (Å²) in [5, 5.41) is 24.8. The molecule has 1 amide bonds. The van der Waals surface area contributed by atoms with E-state index in [0.717, 1.165) is 0 Å². The molecule has 0 unspecified atom stereocenters. The first-order chi connectivity index (χ1) is 12.0. The Morgan fingerprint density at radius 2 is 1.76 bits per heavy atom. The molecule has 0 aliphatic rings. The van der Waals surface area contributed by atoms with Gasteiger partial charge in [0.05, 0.1) is 16.1 Å². The number of hydrogen-bond donors (Lipinski definition) is 1. The van der Waals surface area contributed by atoms with Gasteiger partial charge in [0.2, 0.25) is 0 Å². The number of hydrogen-bond acceptors (Lipinski definition) is 7. The molecule has 0 aliphatic heterocycles. The molecule has 25 heavy (non-hydrogen) atoms. The normalized spacial score (nSPS) is 10.4. The summed E-state index contributed by atoms with van der Waals surface area (Å²) < 4.78 is 5.16. The highest BCUT2D eigenvalue weighted by Gasteiger charge is 2.06. The van der Waals surface area contributed by atoms with E-state index in [2.05, 4.69) is 10.5 Å². The molecule has 0 fully saturated rings. The molecule has 10 nitrogen and oxygen atoms in total. The summed E-state index contributed by atoms with van der Waals surface area (Å²) in [6.07, 6.45) is 1.26. The van der Waals surface area contributed by atoms with Crippen molar-refractivity contribution in [2.45, 2.75) is 0 Å². The zero-order chi connectivity index (χ0) is 18.2. The van der Waals surface area contributed by atoms with Crippen LogP contribution < -0.4 is 10.2 Å². The van der Waals surface area contributed by atoms with Gasteiger partial charge in [-0.2, -0.15) is 5.10 Å². The quantitative estimate of drug-likeness (QED) is 0.463. The van der Waals surface area contributed by atoms with Crippen molar-refractivity contribution in [1.82, 2.24) is 5.43 Å². The first kappa shape index (κ1) is 17.5. The molecule has 2 aromatic carbocycles. The van der Waals surface area contributed by atoms with Crippen molar-refractivity contribution < 1.29 is 19.4 Å². The number of nitro groups is 2. The van der Waals surface area contributed by atoms with Crippen molar-refractivity contribution in [2.75, 3.05) is 6.61 Å². The van der Waals surface area contributed by atoms with Crippen LogP contribution in [0.15, 0.2) is 53.6 Å². The van der Waals surface area contributed by atoms with E-state index in [-0.39, 0.29) is 18.0 Å². The zero-order valence-electron chi connectivity index (χ0n) is 12.7. The maximum absolute atomic E-state index is 11.6. The lowest BCUT2D eigenvalue weighted by Crippen LogP contribution is -2.24. The largest absolute Gasteiger partial charge is 0.484 e. The van der Waals surface area contributed by atoms with Gasteiger partial charge >= 0.3 is 0 Å². The molecule has 0 spiro atoms. The van der Waals surface area contributed by atoms with Crippen molar-refractivity contribution in [3.63, 3.8) is 0 Å². The number of nitrogens with one attached hydrogen (secondary N) is 1. The average molecular weight is 344 g/mol. The van der Waals surface area contributed by atoms with Gasteiger partial charge in [-0.25, -0.2) is 5.43 Å². The molecule has 0 heterocycles. The van der Waals surface area contributed by atoms with E-state index < -0.39 is 15.8 Å². The molecular weight excluding hydrogens is 332 g/mol. The van der Waals surface area contributed by atoms with Crippen LogP contribution in [-0.2, 0) is 4.79 Å². The van der Waals surface area contributed by atoms with Gasteiger partial charge in [0.15, 0.2) is 6.61 Å². The maximum Gasteiger partial charge on any atom is 0.277 e. The third kappa shape index (κ3) is 5.39. The van der Waals surface area contributed by atoms with Gasteiger partial charge in [0, 0.05) is 29.8 Å². The van der Waals surface area contributed by atoms with Crippen LogP contribution in [0.3, 0.4) is 0 Å². The van der Waals surface area contributed by atoms with Gasteiger partial charge in [-0.1, -0.05) is 12.1 Å². The third-order valence-corrected chi connectivity index (χ3v) is 2.90. The number of nitrogens with zero attached hydrogens (tertiary/aromatic N) is 3. The minimum absolute atomic E-state index is 0.0849. The molecule has 10 heteroatoms. The highest BCUT2D eigenvalue weighted by atomic mass is 16.6. The Balaban J connectivity index is 1.83. The van der Waals surface area contributed by atoms with Crippen molar-refractivity contribution in [1.29, 1.82) is 0 Å². The van der Waals surface area contributed by atoms with E-state index in [0.29, 0.717) is 11.3 Å². The molecule has 0 saturated carbocycles. The first-order valence-corrected chi connectivity index (χ1v) is 6.89. The summed E-state index contributed by atoms with van der Waals surface area (Å²) in [5.74, 6) is -0.261. The molecule has 0 saturated heterocycles. The lowest BCUT2D eigenvalue weighted by atomic mass is 10.2. The Morgan fingerprint density at radius 1 is 1.08 bits per heavy atom. The molecule has 128 valence electrons. The third-order valence-electron chi connectivity index (χ3n) is 2.90. The second kappa shape index (κ2) is 8.15. The molecule has 0 atom stereocenters. The van der Waals surface area contributed by atoms with Crippen LogP contribution in [0.4, 0.5) is 11.4 Å². The topological polar surface area (TPSA) is 137 Å².